The van der Waals surface area contributed by atoms with Crippen molar-refractivity contribution in [2.45, 2.75) is 77.4 Å². The number of aliphatic carboxylic acids is 2. The fourth-order valence-electron chi connectivity index (χ4n) is 6.12. The molecule has 1 heterocycles. The second kappa shape index (κ2) is 16.8. The van der Waals surface area contributed by atoms with Crippen molar-refractivity contribution in [2.75, 3.05) is 17.2 Å². The third-order valence-corrected chi connectivity index (χ3v) is 8.59. The Kier molecular flexibility index (Phi) is 12.5. The maximum absolute atomic E-state index is 13.6. The van der Waals surface area contributed by atoms with Gasteiger partial charge in [-0.3, -0.25) is 14.4 Å². The zero-order chi connectivity index (χ0) is 37.3. The number of nitrogens with one attached hydrogen (secondary N) is 4. The van der Waals surface area contributed by atoms with E-state index in [4.69, 9.17) is 0 Å². The quantitative estimate of drug-likeness (QED) is 0.151. The van der Waals surface area contributed by atoms with E-state index in [1.54, 1.807) is 48.5 Å². The van der Waals surface area contributed by atoms with Gasteiger partial charge in [0, 0.05) is 50.0 Å². The van der Waals surface area contributed by atoms with Crippen LogP contribution in [0, 0.1) is 5.41 Å². The number of carbonyl (C=O) groups is 6. The topological polar surface area (TPSA) is 194 Å². The summed E-state index contributed by atoms with van der Waals surface area (Å²) in [6.45, 7) is 7.19. The third-order valence-electron chi connectivity index (χ3n) is 8.59. The molecule has 3 aromatic carbocycles. The van der Waals surface area contributed by atoms with Gasteiger partial charge in [-0.15, -0.1) is 0 Å². The van der Waals surface area contributed by atoms with Crippen LogP contribution in [0.5, 0.6) is 0 Å². The van der Waals surface area contributed by atoms with Gasteiger partial charge in [-0.1, -0.05) is 75.4 Å². The smallest absolute Gasteiger partial charge is 0.326 e. The maximum atomic E-state index is 13.6. The second-order valence-electron chi connectivity index (χ2n) is 14.0. The molecule has 0 bridgehead atoms. The molecule has 0 radical (unpaired) electrons. The molecule has 51 heavy (non-hydrogen) atoms. The highest BCUT2D eigenvalue weighted by atomic mass is 16.4. The Morgan fingerprint density at radius 2 is 1.25 bits per heavy atom. The van der Waals surface area contributed by atoms with E-state index in [0.717, 1.165) is 5.56 Å². The first-order valence-electron chi connectivity index (χ1n) is 16.7. The average Bonchev–Trinajstić information content (AvgIpc) is 3.51. The fraction of sp³-hybridized carbons (Fsp3) is 0.368. The summed E-state index contributed by atoms with van der Waals surface area (Å²) in [6, 6.07) is 18.8. The lowest BCUT2D eigenvalue weighted by atomic mass is 9.91. The Balaban J connectivity index is 1.42. The Morgan fingerprint density at radius 3 is 1.76 bits per heavy atom. The Bertz CT molecular complexity index is 1740. The SMILES string of the molecule is CC(=O)N1CC(c2ccc(NC(=O)Nc3ccccc3)cc2)CC1C(=O)NC(Cc1ccccc1CC(NC(=O)CC(C)(C)C)C(=O)O)C(=O)O. The number of urea groups is 1. The van der Waals surface area contributed by atoms with Crippen molar-refractivity contribution in [3.05, 3.63) is 95.6 Å². The minimum absolute atomic E-state index is 0.0872. The van der Waals surface area contributed by atoms with Crippen LogP contribution in [0.25, 0.3) is 0 Å². The van der Waals surface area contributed by atoms with Crippen LogP contribution >= 0.6 is 0 Å². The number of anilines is 2. The number of rotatable bonds is 13. The highest BCUT2D eigenvalue weighted by Crippen LogP contribution is 2.33. The minimum atomic E-state index is -1.38. The average molecular weight is 700 g/mol. The van der Waals surface area contributed by atoms with E-state index in [1.165, 1.54) is 11.8 Å². The van der Waals surface area contributed by atoms with E-state index in [2.05, 4.69) is 21.3 Å². The van der Waals surface area contributed by atoms with Crippen molar-refractivity contribution in [3.63, 3.8) is 0 Å². The Labute approximate surface area is 296 Å². The molecular weight excluding hydrogens is 654 g/mol. The van der Waals surface area contributed by atoms with E-state index >= 15 is 0 Å². The van der Waals surface area contributed by atoms with Gasteiger partial charge in [0.25, 0.3) is 0 Å². The highest BCUT2D eigenvalue weighted by molar-refractivity contribution is 5.99. The van der Waals surface area contributed by atoms with Gasteiger partial charge >= 0.3 is 18.0 Å². The number of carboxylic acids is 2. The van der Waals surface area contributed by atoms with Crippen molar-refractivity contribution in [1.29, 1.82) is 0 Å². The van der Waals surface area contributed by atoms with E-state index < -0.39 is 47.9 Å². The first-order chi connectivity index (χ1) is 24.1. The van der Waals surface area contributed by atoms with Crippen LogP contribution in [0.2, 0.25) is 0 Å². The number of carbonyl (C=O) groups excluding carboxylic acids is 4. The molecular formula is C38H45N5O8. The molecule has 0 aromatic heterocycles. The molecule has 6 N–H and O–H groups in total. The first kappa shape index (κ1) is 38.1. The molecule has 1 aliphatic rings. The second-order valence-corrected chi connectivity index (χ2v) is 14.0. The van der Waals surface area contributed by atoms with Crippen LogP contribution in [0.1, 0.15) is 63.1 Å². The largest absolute Gasteiger partial charge is 0.480 e. The molecule has 0 saturated carbocycles. The summed E-state index contributed by atoms with van der Waals surface area (Å²) < 4.78 is 0. The molecule has 4 atom stereocenters. The lowest BCUT2D eigenvalue weighted by Gasteiger charge is -2.25. The molecule has 4 rings (SSSR count). The first-order valence-corrected chi connectivity index (χ1v) is 16.7. The van der Waals surface area contributed by atoms with Crippen molar-refractivity contribution >= 4 is 47.1 Å². The number of hydrogen-bond donors (Lipinski definition) is 6. The Hall–Kier alpha value is -5.72. The molecule has 1 saturated heterocycles. The van der Waals surface area contributed by atoms with Gasteiger partial charge in [0.2, 0.25) is 17.7 Å². The molecule has 3 aromatic rings. The fourth-order valence-corrected chi connectivity index (χ4v) is 6.12. The van der Waals surface area contributed by atoms with Crippen LogP contribution in [0.4, 0.5) is 16.2 Å². The van der Waals surface area contributed by atoms with E-state index in [-0.39, 0.29) is 49.5 Å². The number of likely N-dealkylation sites (tertiary alicyclic amines) is 1. The molecule has 13 heteroatoms. The highest BCUT2D eigenvalue weighted by Gasteiger charge is 2.40. The van der Waals surface area contributed by atoms with Crippen LogP contribution in [0.15, 0.2) is 78.9 Å². The Morgan fingerprint density at radius 1 is 0.745 bits per heavy atom. The van der Waals surface area contributed by atoms with Gasteiger partial charge in [-0.25, -0.2) is 14.4 Å². The van der Waals surface area contributed by atoms with Crippen molar-refractivity contribution in [3.8, 4) is 0 Å². The summed E-state index contributed by atoms with van der Waals surface area (Å²) >= 11 is 0. The molecule has 270 valence electrons. The predicted molar refractivity (Wildman–Crippen MR) is 191 cm³/mol. The van der Waals surface area contributed by atoms with Gasteiger partial charge in [0.05, 0.1) is 0 Å². The van der Waals surface area contributed by atoms with Gasteiger partial charge in [-0.05, 0) is 52.8 Å². The zero-order valence-electron chi connectivity index (χ0n) is 29.1. The molecule has 0 aliphatic carbocycles. The monoisotopic (exact) mass is 699 g/mol. The zero-order valence-corrected chi connectivity index (χ0v) is 29.1. The number of benzene rings is 3. The minimum Gasteiger partial charge on any atom is -0.480 e. The summed E-state index contributed by atoms with van der Waals surface area (Å²) in [7, 11) is 0. The molecule has 1 fully saturated rings. The van der Waals surface area contributed by atoms with Gasteiger partial charge in [0.1, 0.15) is 18.1 Å². The standard InChI is InChI=1S/C38H45N5O8/c1-23(44)43-22-27(24-14-16-29(17-15-24)40-37(51)39-28-12-6-5-7-13-28)20-32(43)34(46)42-31(36(49)50)19-26-11-9-8-10-25(26)18-30(35(47)48)41-33(45)21-38(2,3)4/h5-17,27,30-32H,18-22H2,1-4H3,(H,41,45)(H,42,46)(H,47,48)(H,49,50)(H2,39,40,51). The summed E-state index contributed by atoms with van der Waals surface area (Å²) in [5.74, 6) is -4.11. The van der Waals surface area contributed by atoms with Gasteiger partial charge < -0.3 is 36.4 Å². The van der Waals surface area contributed by atoms with E-state index in [9.17, 15) is 39.0 Å². The number of para-hydroxylation sites is 1. The number of amides is 5. The van der Waals surface area contributed by atoms with Crippen LogP contribution in [-0.2, 0) is 36.8 Å². The van der Waals surface area contributed by atoms with Crippen LogP contribution < -0.4 is 21.3 Å². The van der Waals surface area contributed by atoms with Crippen LogP contribution in [0.3, 0.4) is 0 Å². The molecule has 4 unspecified atom stereocenters. The third kappa shape index (κ3) is 11.1. The van der Waals surface area contributed by atoms with E-state index in [1.807, 2.05) is 51.1 Å². The lowest BCUT2D eigenvalue weighted by Crippen LogP contribution is -2.51. The van der Waals surface area contributed by atoms with Crippen molar-refractivity contribution < 1.29 is 39.0 Å². The molecule has 0 spiro atoms. The predicted octanol–water partition coefficient (Wildman–Crippen LogP) is 4.40. The normalized spacial score (nSPS) is 16.7. The summed E-state index contributed by atoms with van der Waals surface area (Å²) in [4.78, 5) is 77.0. The number of carboxylic acid groups (broad SMARTS) is 2. The lowest BCUT2D eigenvalue weighted by molar-refractivity contribution is -0.143. The molecule has 13 nitrogen and oxygen atoms in total. The summed E-state index contributed by atoms with van der Waals surface area (Å²) in [5, 5.41) is 30.6. The molecule has 1 aliphatic heterocycles. The summed E-state index contributed by atoms with van der Waals surface area (Å²) in [6.07, 6.45) is 0.142. The number of hydrogen-bond acceptors (Lipinski definition) is 6. The van der Waals surface area contributed by atoms with Gasteiger partial charge in [-0.2, -0.15) is 0 Å². The van der Waals surface area contributed by atoms with Crippen LogP contribution in [-0.4, -0.2) is 75.5 Å². The van der Waals surface area contributed by atoms with Crippen molar-refractivity contribution in [2.24, 2.45) is 5.41 Å². The maximum Gasteiger partial charge on any atom is 0.326 e. The van der Waals surface area contributed by atoms with E-state index in [0.29, 0.717) is 22.5 Å². The van der Waals surface area contributed by atoms with Gasteiger partial charge in [0.15, 0.2) is 0 Å². The molecule has 5 amide bonds. The van der Waals surface area contributed by atoms with Crippen molar-refractivity contribution in [1.82, 2.24) is 15.5 Å². The number of nitrogens with zero attached hydrogens (tertiary/aromatic N) is 1. The summed E-state index contributed by atoms with van der Waals surface area (Å²) in [5.41, 5.74) is 2.71.